The van der Waals surface area contributed by atoms with Crippen LogP contribution in [0.5, 0.6) is 0 Å². The van der Waals surface area contributed by atoms with E-state index in [0.717, 1.165) is 22.6 Å². The van der Waals surface area contributed by atoms with E-state index < -0.39 is 0 Å². The highest BCUT2D eigenvalue weighted by atomic mass is 16.1. The molecule has 0 aliphatic rings. The molecule has 0 atom stereocenters. The quantitative estimate of drug-likeness (QED) is 0.780. The van der Waals surface area contributed by atoms with Crippen LogP contribution in [0.4, 0.5) is 5.69 Å². The predicted molar refractivity (Wildman–Crippen MR) is 99.4 cm³/mol. The van der Waals surface area contributed by atoms with Gasteiger partial charge in [-0.3, -0.25) is 14.8 Å². The normalized spacial score (nSPS) is 10.3. The number of carbonyl (C=O) groups is 1. The number of pyridine rings is 2. The van der Waals surface area contributed by atoms with Crippen molar-refractivity contribution in [3.05, 3.63) is 78.1 Å². The zero-order valence-corrected chi connectivity index (χ0v) is 14.3. The molecule has 0 saturated carbocycles. The minimum absolute atomic E-state index is 0.0980. The summed E-state index contributed by atoms with van der Waals surface area (Å²) in [5.74, 6) is -0.0980. The number of carbonyl (C=O) groups excluding carboxylic acids is 1. The largest absolute Gasteiger partial charge is 0.378 e. The van der Waals surface area contributed by atoms with Crippen LogP contribution in [0.25, 0.3) is 11.4 Å². The third-order valence-electron chi connectivity index (χ3n) is 3.85. The average molecular weight is 332 g/mol. The molecule has 0 saturated heterocycles. The van der Waals surface area contributed by atoms with Gasteiger partial charge in [0.15, 0.2) is 0 Å². The van der Waals surface area contributed by atoms with Crippen LogP contribution in [-0.2, 0) is 6.54 Å². The van der Waals surface area contributed by atoms with Crippen molar-refractivity contribution in [2.24, 2.45) is 0 Å². The summed E-state index contributed by atoms with van der Waals surface area (Å²) in [5, 5.41) is 2.91. The number of hydrogen-bond donors (Lipinski definition) is 1. The Morgan fingerprint density at radius 2 is 1.72 bits per heavy atom. The molecule has 1 aromatic carbocycles. The van der Waals surface area contributed by atoms with E-state index in [1.165, 1.54) is 0 Å². The van der Waals surface area contributed by atoms with Crippen molar-refractivity contribution < 1.29 is 4.79 Å². The Labute approximate surface area is 147 Å². The summed E-state index contributed by atoms with van der Waals surface area (Å²) >= 11 is 0. The van der Waals surface area contributed by atoms with Gasteiger partial charge in [-0.25, -0.2) is 0 Å². The lowest BCUT2D eigenvalue weighted by Gasteiger charge is -2.12. The van der Waals surface area contributed by atoms with Gasteiger partial charge in [-0.1, -0.05) is 12.1 Å². The second-order valence-corrected chi connectivity index (χ2v) is 5.89. The molecule has 5 nitrogen and oxygen atoms in total. The second kappa shape index (κ2) is 7.57. The van der Waals surface area contributed by atoms with Gasteiger partial charge in [-0.05, 0) is 48.0 Å². The predicted octanol–water partition coefficient (Wildman–Crippen LogP) is 3.14. The Balaban J connectivity index is 1.60. The highest BCUT2D eigenvalue weighted by Crippen LogP contribution is 2.14. The molecule has 0 fully saturated rings. The van der Waals surface area contributed by atoms with Crippen LogP contribution in [-0.4, -0.2) is 30.0 Å². The summed E-state index contributed by atoms with van der Waals surface area (Å²) in [7, 11) is 3.94. The zero-order valence-electron chi connectivity index (χ0n) is 14.3. The fourth-order valence-corrected chi connectivity index (χ4v) is 2.39. The summed E-state index contributed by atoms with van der Waals surface area (Å²) in [6, 6.07) is 17.1. The van der Waals surface area contributed by atoms with Crippen molar-refractivity contribution in [1.29, 1.82) is 0 Å². The molecule has 5 heteroatoms. The van der Waals surface area contributed by atoms with E-state index in [0.29, 0.717) is 12.1 Å². The maximum absolute atomic E-state index is 12.2. The summed E-state index contributed by atoms with van der Waals surface area (Å²) < 4.78 is 0. The van der Waals surface area contributed by atoms with Crippen LogP contribution in [0.15, 0.2) is 67.0 Å². The smallest absolute Gasteiger partial charge is 0.251 e. The SMILES string of the molecule is CN(C)c1ccc(C(=O)NCc2ccc(-c3ccccn3)nc2)cc1. The van der Waals surface area contributed by atoms with Crippen LogP contribution < -0.4 is 10.2 Å². The van der Waals surface area contributed by atoms with Crippen LogP contribution >= 0.6 is 0 Å². The lowest BCUT2D eigenvalue weighted by atomic mass is 10.1. The Bertz CT molecular complexity index is 828. The van der Waals surface area contributed by atoms with E-state index in [2.05, 4.69) is 15.3 Å². The Kier molecular flexibility index (Phi) is 5.04. The summed E-state index contributed by atoms with van der Waals surface area (Å²) in [4.78, 5) is 22.9. The molecule has 0 radical (unpaired) electrons. The minimum atomic E-state index is -0.0980. The molecular formula is C20H20N4O. The number of anilines is 1. The van der Waals surface area contributed by atoms with E-state index >= 15 is 0 Å². The summed E-state index contributed by atoms with van der Waals surface area (Å²) in [5.41, 5.74) is 4.29. The van der Waals surface area contributed by atoms with Crippen molar-refractivity contribution in [2.45, 2.75) is 6.54 Å². The van der Waals surface area contributed by atoms with Gasteiger partial charge in [0, 0.05) is 44.3 Å². The molecule has 25 heavy (non-hydrogen) atoms. The summed E-state index contributed by atoms with van der Waals surface area (Å²) in [6.07, 6.45) is 3.51. The summed E-state index contributed by atoms with van der Waals surface area (Å²) in [6.45, 7) is 0.434. The Morgan fingerprint density at radius 1 is 0.960 bits per heavy atom. The maximum atomic E-state index is 12.2. The standard InChI is InChI=1S/C20H20N4O/c1-24(2)17-9-7-16(8-10-17)20(25)23-14-15-6-11-19(22-13-15)18-5-3-4-12-21-18/h3-13H,14H2,1-2H3,(H,23,25). The first-order chi connectivity index (χ1) is 12.1. The first kappa shape index (κ1) is 16.6. The van der Waals surface area contributed by atoms with Gasteiger partial charge < -0.3 is 10.2 Å². The van der Waals surface area contributed by atoms with Crippen molar-refractivity contribution in [3.8, 4) is 11.4 Å². The van der Waals surface area contributed by atoms with E-state index in [1.807, 2.05) is 73.6 Å². The third kappa shape index (κ3) is 4.20. The van der Waals surface area contributed by atoms with Crippen molar-refractivity contribution >= 4 is 11.6 Å². The fourth-order valence-electron chi connectivity index (χ4n) is 2.39. The van der Waals surface area contributed by atoms with E-state index in [9.17, 15) is 4.79 Å². The van der Waals surface area contributed by atoms with Gasteiger partial charge in [0.1, 0.15) is 0 Å². The molecule has 3 rings (SSSR count). The molecule has 1 amide bonds. The molecule has 0 spiro atoms. The average Bonchev–Trinajstić information content (AvgIpc) is 2.67. The van der Waals surface area contributed by atoms with E-state index in [4.69, 9.17) is 0 Å². The molecule has 2 aromatic heterocycles. The van der Waals surface area contributed by atoms with E-state index in [-0.39, 0.29) is 5.91 Å². The van der Waals surface area contributed by atoms with Crippen molar-refractivity contribution in [2.75, 3.05) is 19.0 Å². The third-order valence-corrected chi connectivity index (χ3v) is 3.85. The molecule has 0 unspecified atom stereocenters. The van der Waals surface area contributed by atoms with Crippen LogP contribution in [0, 0.1) is 0 Å². The lowest BCUT2D eigenvalue weighted by molar-refractivity contribution is 0.0951. The first-order valence-corrected chi connectivity index (χ1v) is 8.05. The zero-order chi connectivity index (χ0) is 17.6. The molecule has 3 aromatic rings. The maximum Gasteiger partial charge on any atom is 0.251 e. The lowest BCUT2D eigenvalue weighted by Crippen LogP contribution is -2.23. The number of nitrogens with one attached hydrogen (secondary N) is 1. The molecule has 126 valence electrons. The monoisotopic (exact) mass is 332 g/mol. The second-order valence-electron chi connectivity index (χ2n) is 5.89. The number of rotatable bonds is 5. The van der Waals surface area contributed by atoms with Crippen molar-refractivity contribution in [1.82, 2.24) is 15.3 Å². The van der Waals surface area contributed by atoms with Crippen molar-refractivity contribution in [3.63, 3.8) is 0 Å². The number of nitrogens with zero attached hydrogens (tertiary/aromatic N) is 3. The fraction of sp³-hybridized carbons (Fsp3) is 0.150. The molecule has 0 aliphatic carbocycles. The Morgan fingerprint density at radius 3 is 2.32 bits per heavy atom. The van der Waals surface area contributed by atoms with Gasteiger partial charge in [0.2, 0.25) is 0 Å². The molecule has 2 heterocycles. The number of aromatic nitrogens is 2. The number of hydrogen-bond acceptors (Lipinski definition) is 4. The van der Waals surface area contributed by atoms with Crippen LogP contribution in [0.1, 0.15) is 15.9 Å². The Hall–Kier alpha value is -3.21. The highest BCUT2D eigenvalue weighted by Gasteiger charge is 2.06. The van der Waals surface area contributed by atoms with Gasteiger partial charge in [0.25, 0.3) is 5.91 Å². The van der Waals surface area contributed by atoms with Gasteiger partial charge >= 0.3 is 0 Å². The van der Waals surface area contributed by atoms with Gasteiger partial charge in [-0.15, -0.1) is 0 Å². The van der Waals surface area contributed by atoms with Crippen LogP contribution in [0.2, 0.25) is 0 Å². The number of amides is 1. The highest BCUT2D eigenvalue weighted by molar-refractivity contribution is 5.94. The van der Waals surface area contributed by atoms with E-state index in [1.54, 1.807) is 12.4 Å². The van der Waals surface area contributed by atoms with Gasteiger partial charge in [0.05, 0.1) is 11.4 Å². The van der Waals surface area contributed by atoms with Crippen LogP contribution in [0.3, 0.4) is 0 Å². The molecule has 1 N–H and O–H groups in total. The first-order valence-electron chi connectivity index (χ1n) is 8.05. The minimum Gasteiger partial charge on any atom is -0.378 e. The molecule has 0 aliphatic heterocycles. The molecule has 0 bridgehead atoms. The number of benzene rings is 1. The topological polar surface area (TPSA) is 58.1 Å². The molecular weight excluding hydrogens is 312 g/mol. The van der Waals surface area contributed by atoms with Gasteiger partial charge in [-0.2, -0.15) is 0 Å².